The molecular weight excluding hydrogens is 206 g/mol. The minimum absolute atomic E-state index is 0.227. The number of hydrogen-bond donors (Lipinski definition) is 1. The third kappa shape index (κ3) is 2.09. The summed E-state index contributed by atoms with van der Waals surface area (Å²) in [5.41, 5.74) is -0.269. The predicted molar refractivity (Wildman–Crippen MR) is 49.0 cm³/mol. The monoisotopic (exact) mass is 218 g/mol. The van der Waals surface area contributed by atoms with Crippen molar-refractivity contribution in [1.29, 1.82) is 0 Å². The molecule has 0 aliphatic carbocycles. The van der Waals surface area contributed by atoms with Gasteiger partial charge in [-0.3, -0.25) is 4.79 Å². The molecule has 1 saturated heterocycles. The van der Waals surface area contributed by atoms with E-state index in [0.717, 1.165) is 0 Å². The second-order valence-corrected chi connectivity index (χ2v) is 3.65. The van der Waals surface area contributed by atoms with Gasteiger partial charge < -0.3 is 9.84 Å². The Balaban J connectivity index is 2.11. The van der Waals surface area contributed by atoms with Crippen LogP contribution < -0.4 is 10.9 Å². The third-order valence-corrected chi connectivity index (χ3v) is 2.65. The maximum atomic E-state index is 12.5. The van der Waals surface area contributed by atoms with E-state index in [2.05, 4.69) is 5.32 Å². The summed E-state index contributed by atoms with van der Waals surface area (Å²) in [6, 6.07) is 0.188. The Morgan fingerprint density at radius 3 is 3.00 bits per heavy atom. The number of nitrogens with zero attached hydrogens (tertiary/aromatic N) is 1. The Kier molecular flexibility index (Phi) is 2.86. The van der Waals surface area contributed by atoms with Gasteiger partial charge in [-0.15, -0.1) is 0 Å². The summed E-state index contributed by atoms with van der Waals surface area (Å²) in [6.07, 6.45) is -0.262. The van der Waals surface area contributed by atoms with Crippen LogP contribution in [0.2, 0.25) is 0 Å². The number of aromatic nitrogens is 1. The van der Waals surface area contributed by atoms with Gasteiger partial charge in [0.05, 0.1) is 12.1 Å². The summed E-state index contributed by atoms with van der Waals surface area (Å²) in [7, 11) is 0. The fourth-order valence-corrected chi connectivity index (χ4v) is 1.88. The Morgan fingerprint density at radius 1 is 1.60 bits per heavy atom. The molecule has 2 heterocycles. The molecule has 1 aromatic rings. The molecule has 0 saturated carbocycles. The number of alkyl halides is 2. The van der Waals surface area contributed by atoms with Crippen LogP contribution in [0.5, 0.6) is 0 Å². The van der Waals surface area contributed by atoms with E-state index in [1.807, 2.05) is 0 Å². The number of piperidine rings is 1. The van der Waals surface area contributed by atoms with Gasteiger partial charge in [-0.1, -0.05) is 0 Å². The molecule has 1 aliphatic heterocycles. The highest BCUT2D eigenvalue weighted by Gasteiger charge is 2.30. The maximum Gasteiger partial charge on any atom is 0.282 e. The molecule has 84 valence electrons. The van der Waals surface area contributed by atoms with E-state index < -0.39 is 12.5 Å². The molecule has 0 aromatic carbocycles. The summed E-state index contributed by atoms with van der Waals surface area (Å²) >= 11 is 0. The van der Waals surface area contributed by atoms with E-state index in [-0.39, 0.29) is 18.0 Å². The molecule has 4 nitrogen and oxygen atoms in total. The number of hydrogen-bond acceptors (Lipinski definition) is 3. The molecule has 2 atom stereocenters. The van der Waals surface area contributed by atoms with Gasteiger partial charge in [0.2, 0.25) is 0 Å². The Labute approximate surface area is 84.8 Å². The third-order valence-electron chi connectivity index (χ3n) is 2.65. The van der Waals surface area contributed by atoms with E-state index in [1.54, 1.807) is 0 Å². The topological polar surface area (TPSA) is 47.2 Å². The van der Waals surface area contributed by atoms with Gasteiger partial charge in [-0.25, -0.2) is 8.78 Å². The van der Waals surface area contributed by atoms with Crippen LogP contribution in [0, 0.1) is 0 Å². The molecule has 1 N–H and O–H groups in total. The van der Waals surface area contributed by atoms with Gasteiger partial charge in [0, 0.05) is 6.07 Å². The van der Waals surface area contributed by atoms with Gasteiger partial charge in [0.25, 0.3) is 12.0 Å². The molecule has 1 aromatic heterocycles. The second kappa shape index (κ2) is 4.14. The zero-order chi connectivity index (χ0) is 10.8. The predicted octanol–water partition coefficient (Wildman–Crippen LogP) is 0.999. The highest BCUT2D eigenvalue weighted by atomic mass is 19.3. The standard InChI is InChI=1S/C9H12F2N2O2/c10-9(11)7-5-6(1-3-12-7)13-8(14)2-4-15-13/h2,4,6-7,9,12H,1,3,5H2/t6-,7+/m0/s1. The van der Waals surface area contributed by atoms with Crippen molar-refractivity contribution < 1.29 is 13.3 Å². The van der Waals surface area contributed by atoms with Crippen LogP contribution in [0.3, 0.4) is 0 Å². The van der Waals surface area contributed by atoms with Crippen molar-refractivity contribution in [2.45, 2.75) is 31.4 Å². The zero-order valence-corrected chi connectivity index (χ0v) is 8.03. The average Bonchev–Trinajstić information content (AvgIpc) is 2.64. The summed E-state index contributed by atoms with van der Waals surface area (Å²) in [5.74, 6) is 0. The van der Waals surface area contributed by atoms with Crippen molar-refractivity contribution in [2.24, 2.45) is 0 Å². The van der Waals surface area contributed by atoms with Crippen molar-refractivity contribution >= 4 is 0 Å². The fourth-order valence-electron chi connectivity index (χ4n) is 1.88. The van der Waals surface area contributed by atoms with Crippen LogP contribution in [0.25, 0.3) is 0 Å². The highest BCUT2D eigenvalue weighted by molar-refractivity contribution is 4.86. The van der Waals surface area contributed by atoms with Crippen molar-refractivity contribution in [3.63, 3.8) is 0 Å². The summed E-state index contributed by atoms with van der Waals surface area (Å²) < 4.78 is 31.1. The van der Waals surface area contributed by atoms with E-state index in [9.17, 15) is 13.6 Å². The molecule has 6 heteroatoms. The van der Waals surface area contributed by atoms with Crippen LogP contribution in [-0.2, 0) is 0 Å². The second-order valence-electron chi connectivity index (χ2n) is 3.65. The van der Waals surface area contributed by atoms with Gasteiger partial charge in [0.15, 0.2) is 0 Å². The molecular formula is C9H12F2N2O2. The van der Waals surface area contributed by atoms with Crippen molar-refractivity contribution in [3.8, 4) is 0 Å². The molecule has 2 rings (SSSR count). The number of nitrogens with one attached hydrogen (secondary N) is 1. The minimum Gasteiger partial charge on any atom is -0.384 e. The molecule has 15 heavy (non-hydrogen) atoms. The van der Waals surface area contributed by atoms with Crippen LogP contribution in [-0.4, -0.2) is 23.8 Å². The van der Waals surface area contributed by atoms with Gasteiger partial charge in [-0.2, -0.15) is 4.74 Å². The first kappa shape index (κ1) is 10.4. The number of halogens is 2. The van der Waals surface area contributed by atoms with Crippen molar-refractivity contribution in [3.05, 3.63) is 22.7 Å². The lowest BCUT2D eigenvalue weighted by atomic mass is 10.00. The summed E-state index contributed by atoms with van der Waals surface area (Å²) in [5, 5.41) is 2.72. The molecule has 0 radical (unpaired) electrons. The normalized spacial score (nSPS) is 27.1. The quantitative estimate of drug-likeness (QED) is 0.805. The first-order chi connectivity index (χ1) is 7.18. The summed E-state index contributed by atoms with van der Waals surface area (Å²) in [4.78, 5) is 11.3. The Bertz CT molecular complexity index is 374. The van der Waals surface area contributed by atoms with Crippen LogP contribution in [0.1, 0.15) is 18.9 Å². The van der Waals surface area contributed by atoms with E-state index in [4.69, 9.17) is 4.52 Å². The molecule has 1 fully saturated rings. The maximum absolute atomic E-state index is 12.5. The molecule has 0 bridgehead atoms. The lowest BCUT2D eigenvalue weighted by Crippen LogP contribution is -2.44. The minimum atomic E-state index is -2.40. The molecule has 0 unspecified atom stereocenters. The van der Waals surface area contributed by atoms with Crippen LogP contribution >= 0.6 is 0 Å². The van der Waals surface area contributed by atoms with Crippen LogP contribution in [0.4, 0.5) is 8.78 Å². The first-order valence-electron chi connectivity index (χ1n) is 4.86. The van der Waals surface area contributed by atoms with Crippen molar-refractivity contribution in [2.75, 3.05) is 6.54 Å². The smallest absolute Gasteiger partial charge is 0.282 e. The highest BCUT2D eigenvalue weighted by Crippen LogP contribution is 2.23. The van der Waals surface area contributed by atoms with Gasteiger partial charge in [0.1, 0.15) is 6.26 Å². The Morgan fingerprint density at radius 2 is 2.40 bits per heavy atom. The van der Waals surface area contributed by atoms with Gasteiger partial charge in [-0.05, 0) is 19.4 Å². The molecule has 0 spiro atoms. The summed E-state index contributed by atoms with van der Waals surface area (Å²) in [6.45, 7) is 0.479. The Hall–Kier alpha value is -1.17. The lowest BCUT2D eigenvalue weighted by Gasteiger charge is -2.29. The van der Waals surface area contributed by atoms with E-state index in [0.29, 0.717) is 13.0 Å². The SMILES string of the molecule is O=c1ccon1[C@H]1CCN[C@@H](C(F)F)C1. The first-order valence-corrected chi connectivity index (χ1v) is 4.86. The lowest BCUT2D eigenvalue weighted by molar-refractivity contribution is 0.0580. The number of rotatable bonds is 2. The van der Waals surface area contributed by atoms with E-state index >= 15 is 0 Å². The molecule has 0 amide bonds. The van der Waals surface area contributed by atoms with Crippen LogP contribution in [0.15, 0.2) is 21.6 Å². The zero-order valence-electron chi connectivity index (χ0n) is 8.03. The fraction of sp³-hybridized carbons (Fsp3) is 0.667. The van der Waals surface area contributed by atoms with E-state index in [1.165, 1.54) is 17.1 Å². The molecule has 1 aliphatic rings. The largest absolute Gasteiger partial charge is 0.384 e. The van der Waals surface area contributed by atoms with Gasteiger partial charge >= 0.3 is 0 Å². The van der Waals surface area contributed by atoms with Crippen molar-refractivity contribution in [1.82, 2.24) is 10.1 Å². The average molecular weight is 218 g/mol.